The average molecular weight is 453 g/mol. The summed E-state index contributed by atoms with van der Waals surface area (Å²) in [6.45, 7) is 9.54. The third kappa shape index (κ3) is 21.3. The van der Waals surface area contributed by atoms with Crippen LogP contribution >= 0.6 is 0 Å². The summed E-state index contributed by atoms with van der Waals surface area (Å²) in [7, 11) is 0. The molecule has 0 aliphatic rings. The highest BCUT2D eigenvalue weighted by molar-refractivity contribution is 5.71. The maximum absolute atomic E-state index is 12.5. The Bertz CT molecular complexity index is 379. The van der Waals surface area contributed by atoms with Gasteiger partial charge in [0.15, 0.2) is 0 Å². The molecule has 0 amide bonds. The predicted molar refractivity (Wildman–Crippen MR) is 142 cm³/mol. The van der Waals surface area contributed by atoms with Crippen molar-refractivity contribution in [2.24, 2.45) is 11.8 Å². The quantitative estimate of drug-likeness (QED) is 0.102. The smallest absolute Gasteiger partial charge is 0.308 e. The lowest BCUT2D eigenvalue weighted by molar-refractivity contribution is -0.149. The maximum atomic E-state index is 12.5. The fourth-order valence-electron chi connectivity index (χ4n) is 4.61. The van der Waals surface area contributed by atoms with Crippen molar-refractivity contribution in [2.75, 3.05) is 6.61 Å². The molecule has 32 heavy (non-hydrogen) atoms. The van der Waals surface area contributed by atoms with Crippen molar-refractivity contribution in [1.82, 2.24) is 0 Å². The van der Waals surface area contributed by atoms with E-state index in [4.69, 9.17) is 4.74 Å². The second kappa shape index (κ2) is 25.1. The number of rotatable bonds is 25. The molecule has 2 unspecified atom stereocenters. The first kappa shape index (κ1) is 31.5. The van der Waals surface area contributed by atoms with E-state index in [1.807, 2.05) is 0 Å². The Morgan fingerprint density at radius 2 is 0.875 bits per heavy atom. The predicted octanol–water partition coefficient (Wildman–Crippen LogP) is 10.4. The minimum Gasteiger partial charge on any atom is -0.465 e. The zero-order valence-electron chi connectivity index (χ0n) is 22.7. The number of hydrogen-bond acceptors (Lipinski definition) is 2. The van der Waals surface area contributed by atoms with Gasteiger partial charge in [0.2, 0.25) is 0 Å². The molecule has 0 aromatic heterocycles. The molecule has 2 heteroatoms. The van der Waals surface area contributed by atoms with Crippen LogP contribution in [0.25, 0.3) is 0 Å². The first-order chi connectivity index (χ1) is 15.7. The second-order valence-corrected chi connectivity index (χ2v) is 10.4. The van der Waals surface area contributed by atoms with Crippen LogP contribution in [0.15, 0.2) is 0 Å². The lowest BCUT2D eigenvalue weighted by Crippen LogP contribution is -2.20. The van der Waals surface area contributed by atoms with Gasteiger partial charge in [0, 0.05) is 0 Å². The van der Waals surface area contributed by atoms with Gasteiger partial charge in [0.05, 0.1) is 12.5 Å². The van der Waals surface area contributed by atoms with Crippen LogP contribution in [-0.4, -0.2) is 12.6 Å². The molecule has 0 rings (SSSR count). The molecule has 0 aliphatic heterocycles. The SMILES string of the molecule is CCCCCCCCCCCCC(C)C(=O)OCC(CCCCCC)CCCCCCC. The Kier molecular flexibility index (Phi) is 24.7. The van der Waals surface area contributed by atoms with Gasteiger partial charge in [-0.2, -0.15) is 0 Å². The Morgan fingerprint density at radius 3 is 1.31 bits per heavy atom. The van der Waals surface area contributed by atoms with Gasteiger partial charge in [0.25, 0.3) is 0 Å². The van der Waals surface area contributed by atoms with Crippen molar-refractivity contribution in [1.29, 1.82) is 0 Å². The highest BCUT2D eigenvalue weighted by Crippen LogP contribution is 2.21. The van der Waals surface area contributed by atoms with Crippen molar-refractivity contribution in [3.05, 3.63) is 0 Å². The third-order valence-corrected chi connectivity index (χ3v) is 7.04. The molecule has 0 aromatic rings. The monoisotopic (exact) mass is 452 g/mol. The van der Waals surface area contributed by atoms with Crippen LogP contribution in [0, 0.1) is 11.8 Å². The Hall–Kier alpha value is -0.530. The summed E-state index contributed by atoms with van der Waals surface area (Å²) in [6.07, 6.45) is 28.8. The fraction of sp³-hybridized carbons (Fsp3) is 0.967. The van der Waals surface area contributed by atoms with Crippen LogP contribution in [-0.2, 0) is 9.53 Å². The molecule has 0 N–H and O–H groups in total. The zero-order valence-corrected chi connectivity index (χ0v) is 22.7. The molecule has 2 nitrogen and oxygen atoms in total. The molecular formula is C30H60O2. The topological polar surface area (TPSA) is 26.3 Å². The molecule has 0 aliphatic carbocycles. The summed E-state index contributed by atoms with van der Waals surface area (Å²) in [4.78, 5) is 12.5. The Balaban J connectivity index is 3.92. The molecule has 192 valence electrons. The molecule has 0 aromatic carbocycles. The normalized spacial score (nSPS) is 13.2. The standard InChI is InChI=1S/C30H60O2/c1-5-8-11-14-15-16-17-18-20-21-24-28(4)30(31)32-27-29(25-22-13-10-7-3)26-23-19-12-9-6-2/h28-29H,5-27H2,1-4H3. The average Bonchev–Trinajstić information content (AvgIpc) is 2.80. The molecule has 0 radical (unpaired) electrons. The summed E-state index contributed by atoms with van der Waals surface area (Å²) in [5, 5.41) is 0. The number of unbranched alkanes of at least 4 members (excludes halogenated alkanes) is 16. The van der Waals surface area contributed by atoms with Crippen molar-refractivity contribution in [3.63, 3.8) is 0 Å². The van der Waals surface area contributed by atoms with Gasteiger partial charge in [-0.1, -0.05) is 150 Å². The van der Waals surface area contributed by atoms with E-state index in [9.17, 15) is 4.79 Å². The molecule has 0 heterocycles. The molecule has 0 spiro atoms. The molecule has 0 saturated carbocycles. The molecular weight excluding hydrogens is 392 g/mol. The summed E-state index contributed by atoms with van der Waals surface area (Å²) in [5.74, 6) is 0.682. The lowest BCUT2D eigenvalue weighted by atomic mass is 9.95. The molecule has 0 saturated heterocycles. The largest absolute Gasteiger partial charge is 0.465 e. The molecule has 2 atom stereocenters. The van der Waals surface area contributed by atoms with Crippen molar-refractivity contribution in [2.45, 2.75) is 169 Å². The zero-order chi connectivity index (χ0) is 23.7. The van der Waals surface area contributed by atoms with Crippen LogP contribution < -0.4 is 0 Å². The van der Waals surface area contributed by atoms with Crippen molar-refractivity contribution in [3.8, 4) is 0 Å². The lowest BCUT2D eigenvalue weighted by Gasteiger charge is -2.19. The molecule has 0 fully saturated rings. The van der Waals surface area contributed by atoms with Gasteiger partial charge in [-0.05, 0) is 25.2 Å². The van der Waals surface area contributed by atoms with E-state index >= 15 is 0 Å². The van der Waals surface area contributed by atoms with E-state index in [-0.39, 0.29) is 11.9 Å². The first-order valence-corrected chi connectivity index (χ1v) is 14.8. The van der Waals surface area contributed by atoms with Crippen LogP contribution in [0.3, 0.4) is 0 Å². The van der Waals surface area contributed by atoms with E-state index in [0.717, 1.165) is 6.42 Å². The Morgan fingerprint density at radius 1 is 0.531 bits per heavy atom. The van der Waals surface area contributed by atoms with Crippen LogP contribution in [0.2, 0.25) is 0 Å². The van der Waals surface area contributed by atoms with Gasteiger partial charge in [-0.3, -0.25) is 4.79 Å². The van der Waals surface area contributed by atoms with Gasteiger partial charge in [-0.15, -0.1) is 0 Å². The second-order valence-electron chi connectivity index (χ2n) is 10.4. The highest BCUT2D eigenvalue weighted by Gasteiger charge is 2.17. The number of hydrogen-bond donors (Lipinski definition) is 0. The van der Waals surface area contributed by atoms with E-state index in [0.29, 0.717) is 12.5 Å². The number of ether oxygens (including phenoxy) is 1. The number of carbonyl (C=O) groups excluding carboxylic acids is 1. The summed E-state index contributed by atoms with van der Waals surface area (Å²) >= 11 is 0. The van der Waals surface area contributed by atoms with Gasteiger partial charge < -0.3 is 4.74 Å². The minimum absolute atomic E-state index is 0.0467. The highest BCUT2D eigenvalue weighted by atomic mass is 16.5. The fourth-order valence-corrected chi connectivity index (χ4v) is 4.61. The number of carbonyl (C=O) groups is 1. The number of esters is 1. The Labute approximate surface area is 203 Å². The van der Waals surface area contributed by atoms with E-state index < -0.39 is 0 Å². The summed E-state index contributed by atoms with van der Waals surface area (Å²) in [5.41, 5.74) is 0. The molecule has 0 bridgehead atoms. The summed E-state index contributed by atoms with van der Waals surface area (Å²) < 4.78 is 5.80. The maximum Gasteiger partial charge on any atom is 0.308 e. The van der Waals surface area contributed by atoms with Gasteiger partial charge in [-0.25, -0.2) is 0 Å². The van der Waals surface area contributed by atoms with Gasteiger partial charge in [0.1, 0.15) is 0 Å². The van der Waals surface area contributed by atoms with E-state index in [1.165, 1.54) is 135 Å². The minimum atomic E-state index is 0.0467. The first-order valence-electron chi connectivity index (χ1n) is 14.8. The van der Waals surface area contributed by atoms with Crippen LogP contribution in [0.4, 0.5) is 0 Å². The van der Waals surface area contributed by atoms with Crippen molar-refractivity contribution >= 4 is 5.97 Å². The summed E-state index contributed by atoms with van der Waals surface area (Å²) in [6, 6.07) is 0. The van der Waals surface area contributed by atoms with Gasteiger partial charge >= 0.3 is 5.97 Å². The van der Waals surface area contributed by atoms with Crippen LogP contribution in [0.1, 0.15) is 169 Å². The van der Waals surface area contributed by atoms with E-state index in [2.05, 4.69) is 27.7 Å². The van der Waals surface area contributed by atoms with Crippen LogP contribution in [0.5, 0.6) is 0 Å². The third-order valence-electron chi connectivity index (χ3n) is 7.04. The van der Waals surface area contributed by atoms with Crippen molar-refractivity contribution < 1.29 is 9.53 Å². The van der Waals surface area contributed by atoms with E-state index in [1.54, 1.807) is 0 Å².